The molecule has 0 N–H and O–H groups in total. The van der Waals surface area contributed by atoms with Crippen molar-refractivity contribution < 1.29 is 14.3 Å². The fourth-order valence-corrected chi connectivity index (χ4v) is 1.94. The Kier molecular flexibility index (Phi) is 3.77. The molecule has 1 aliphatic rings. The van der Waals surface area contributed by atoms with Crippen molar-refractivity contribution in [3.05, 3.63) is 11.6 Å². The lowest BCUT2D eigenvalue weighted by molar-refractivity contribution is -0.0426. The largest absolute Gasteiger partial charge is 0.508 e. The predicted octanol–water partition coefficient (Wildman–Crippen LogP) is 3.29. The zero-order valence-electron chi connectivity index (χ0n) is 10.0. The summed E-state index contributed by atoms with van der Waals surface area (Å²) in [6, 6.07) is 0. The van der Waals surface area contributed by atoms with Crippen LogP contribution in [0.1, 0.15) is 40.0 Å². The number of ether oxygens (including phenoxy) is 2. The van der Waals surface area contributed by atoms with Crippen LogP contribution in [0.2, 0.25) is 0 Å². The van der Waals surface area contributed by atoms with E-state index in [0.717, 1.165) is 19.3 Å². The molecule has 1 unspecified atom stereocenters. The number of rotatable bonds is 2. The molecule has 0 saturated heterocycles. The molecule has 3 nitrogen and oxygen atoms in total. The summed E-state index contributed by atoms with van der Waals surface area (Å²) in [7, 11) is 1.34. The Morgan fingerprint density at radius 1 is 1.53 bits per heavy atom. The quantitative estimate of drug-likeness (QED) is 0.520. The molecule has 0 bridgehead atoms. The number of hydrogen-bond donors (Lipinski definition) is 0. The molecule has 0 radical (unpaired) electrons. The monoisotopic (exact) mass is 212 g/mol. The van der Waals surface area contributed by atoms with E-state index in [1.165, 1.54) is 12.7 Å². The van der Waals surface area contributed by atoms with Crippen LogP contribution in [0.5, 0.6) is 0 Å². The van der Waals surface area contributed by atoms with E-state index in [0.29, 0.717) is 5.92 Å². The van der Waals surface area contributed by atoms with Crippen molar-refractivity contribution in [2.75, 3.05) is 7.11 Å². The van der Waals surface area contributed by atoms with Crippen LogP contribution in [0.4, 0.5) is 4.79 Å². The highest BCUT2D eigenvalue weighted by atomic mass is 16.7. The third kappa shape index (κ3) is 3.26. The highest BCUT2D eigenvalue weighted by molar-refractivity contribution is 5.60. The van der Waals surface area contributed by atoms with Gasteiger partial charge in [-0.1, -0.05) is 11.6 Å². The molecular formula is C12H20O3. The summed E-state index contributed by atoms with van der Waals surface area (Å²) in [5.41, 5.74) is 0.990. The summed E-state index contributed by atoms with van der Waals surface area (Å²) < 4.78 is 9.79. The molecule has 0 aliphatic heterocycles. The van der Waals surface area contributed by atoms with Crippen molar-refractivity contribution >= 4 is 6.16 Å². The zero-order valence-corrected chi connectivity index (χ0v) is 10.0. The summed E-state index contributed by atoms with van der Waals surface area (Å²) >= 11 is 0. The molecule has 1 atom stereocenters. The maximum atomic E-state index is 11.1. The summed E-state index contributed by atoms with van der Waals surface area (Å²) in [4.78, 5) is 11.1. The molecule has 0 spiro atoms. The van der Waals surface area contributed by atoms with Gasteiger partial charge in [0.25, 0.3) is 0 Å². The molecule has 0 saturated carbocycles. The average Bonchev–Trinajstić information content (AvgIpc) is 2.17. The Balaban J connectivity index is 2.58. The molecule has 15 heavy (non-hydrogen) atoms. The number of methoxy groups -OCH3 is 1. The Morgan fingerprint density at radius 2 is 2.20 bits per heavy atom. The van der Waals surface area contributed by atoms with Gasteiger partial charge in [-0.05, 0) is 40.0 Å². The van der Waals surface area contributed by atoms with E-state index in [-0.39, 0.29) is 0 Å². The summed E-state index contributed by atoms with van der Waals surface area (Å²) in [6.45, 7) is 6.04. The summed E-state index contributed by atoms with van der Waals surface area (Å²) in [6.07, 6.45) is 4.79. The van der Waals surface area contributed by atoms with Crippen molar-refractivity contribution in [3.8, 4) is 0 Å². The minimum Gasteiger partial charge on any atom is -0.438 e. The van der Waals surface area contributed by atoms with E-state index in [2.05, 4.69) is 17.7 Å². The SMILES string of the molecule is COC(=O)OC(C)(C)C1CC=C(C)CC1. The maximum Gasteiger partial charge on any atom is 0.508 e. The first-order valence-electron chi connectivity index (χ1n) is 5.38. The van der Waals surface area contributed by atoms with Gasteiger partial charge in [-0.15, -0.1) is 0 Å². The highest BCUT2D eigenvalue weighted by Gasteiger charge is 2.34. The van der Waals surface area contributed by atoms with Crippen LogP contribution in [0.15, 0.2) is 11.6 Å². The van der Waals surface area contributed by atoms with Crippen LogP contribution in [0.3, 0.4) is 0 Å². The Bertz CT molecular complexity index is 266. The van der Waals surface area contributed by atoms with Gasteiger partial charge in [-0.25, -0.2) is 4.79 Å². The Morgan fingerprint density at radius 3 is 2.67 bits per heavy atom. The molecular weight excluding hydrogens is 192 g/mol. The van der Waals surface area contributed by atoms with E-state index >= 15 is 0 Å². The molecule has 1 rings (SSSR count). The van der Waals surface area contributed by atoms with E-state index in [4.69, 9.17) is 4.74 Å². The van der Waals surface area contributed by atoms with Crippen molar-refractivity contribution in [1.29, 1.82) is 0 Å². The first kappa shape index (κ1) is 12.1. The highest BCUT2D eigenvalue weighted by Crippen LogP contribution is 2.34. The lowest BCUT2D eigenvalue weighted by Gasteiger charge is -2.34. The Labute approximate surface area is 91.4 Å². The molecule has 3 heteroatoms. The number of allylic oxidation sites excluding steroid dienone is 2. The van der Waals surface area contributed by atoms with E-state index in [9.17, 15) is 4.79 Å². The van der Waals surface area contributed by atoms with E-state index in [1.807, 2.05) is 13.8 Å². The van der Waals surface area contributed by atoms with E-state index < -0.39 is 11.8 Å². The fraction of sp³-hybridized carbons (Fsp3) is 0.750. The van der Waals surface area contributed by atoms with Crippen molar-refractivity contribution in [2.24, 2.45) is 5.92 Å². The third-order valence-electron chi connectivity index (χ3n) is 3.13. The van der Waals surface area contributed by atoms with Crippen LogP contribution in [-0.4, -0.2) is 18.9 Å². The zero-order chi connectivity index (χ0) is 11.5. The predicted molar refractivity (Wildman–Crippen MR) is 58.7 cm³/mol. The second-order valence-corrected chi connectivity index (χ2v) is 4.68. The van der Waals surface area contributed by atoms with Crippen LogP contribution in [-0.2, 0) is 9.47 Å². The first-order valence-corrected chi connectivity index (χ1v) is 5.38. The summed E-state index contributed by atoms with van der Waals surface area (Å²) in [5, 5.41) is 0. The molecule has 1 aliphatic carbocycles. The van der Waals surface area contributed by atoms with Gasteiger partial charge in [0.05, 0.1) is 7.11 Å². The van der Waals surface area contributed by atoms with Crippen molar-refractivity contribution in [1.82, 2.24) is 0 Å². The van der Waals surface area contributed by atoms with Gasteiger partial charge < -0.3 is 9.47 Å². The van der Waals surface area contributed by atoms with E-state index in [1.54, 1.807) is 0 Å². The molecule has 0 amide bonds. The number of hydrogen-bond acceptors (Lipinski definition) is 3. The molecule has 86 valence electrons. The van der Waals surface area contributed by atoms with Gasteiger partial charge in [0.1, 0.15) is 5.60 Å². The standard InChI is InChI=1S/C12H20O3/c1-9-5-7-10(8-6-9)12(2,3)15-11(13)14-4/h5,10H,6-8H2,1-4H3. The van der Waals surface area contributed by atoms with Crippen LogP contribution in [0, 0.1) is 5.92 Å². The summed E-state index contributed by atoms with van der Waals surface area (Å²) in [5.74, 6) is 0.389. The topological polar surface area (TPSA) is 35.5 Å². The molecule has 0 heterocycles. The lowest BCUT2D eigenvalue weighted by Crippen LogP contribution is -2.37. The Hall–Kier alpha value is -0.990. The minimum atomic E-state index is -0.591. The van der Waals surface area contributed by atoms with Gasteiger partial charge in [0.15, 0.2) is 0 Å². The van der Waals surface area contributed by atoms with Gasteiger partial charge in [-0.2, -0.15) is 0 Å². The van der Waals surface area contributed by atoms with Gasteiger partial charge >= 0.3 is 6.16 Å². The second kappa shape index (κ2) is 4.69. The van der Waals surface area contributed by atoms with Crippen molar-refractivity contribution in [3.63, 3.8) is 0 Å². The molecule has 0 aromatic rings. The van der Waals surface area contributed by atoms with Crippen LogP contribution >= 0.6 is 0 Å². The normalized spacial score (nSPS) is 21.9. The molecule has 0 aromatic heterocycles. The average molecular weight is 212 g/mol. The fourth-order valence-electron chi connectivity index (χ4n) is 1.94. The van der Waals surface area contributed by atoms with Gasteiger partial charge in [0.2, 0.25) is 0 Å². The third-order valence-corrected chi connectivity index (χ3v) is 3.13. The van der Waals surface area contributed by atoms with Crippen LogP contribution in [0.25, 0.3) is 0 Å². The second-order valence-electron chi connectivity index (χ2n) is 4.68. The van der Waals surface area contributed by atoms with Gasteiger partial charge in [-0.3, -0.25) is 0 Å². The van der Waals surface area contributed by atoms with Crippen molar-refractivity contribution in [2.45, 2.75) is 45.6 Å². The number of carbonyl (C=O) groups is 1. The smallest absolute Gasteiger partial charge is 0.438 e. The minimum absolute atomic E-state index is 0.389. The first-order chi connectivity index (χ1) is 6.95. The van der Waals surface area contributed by atoms with Crippen LogP contribution < -0.4 is 0 Å². The maximum absolute atomic E-state index is 11.1. The molecule has 0 fully saturated rings. The number of carbonyl (C=O) groups excluding carboxylic acids is 1. The van der Waals surface area contributed by atoms with Gasteiger partial charge in [0, 0.05) is 5.92 Å². The molecule has 0 aromatic carbocycles. The lowest BCUT2D eigenvalue weighted by atomic mass is 9.80.